The van der Waals surface area contributed by atoms with Crippen molar-refractivity contribution in [1.82, 2.24) is 9.55 Å². The summed E-state index contributed by atoms with van der Waals surface area (Å²) in [5, 5.41) is 8.64. The smallest absolute Gasteiger partial charge is 0.391 e. The lowest BCUT2D eigenvalue weighted by Gasteiger charge is -2.19. The normalized spacial score (nSPS) is 15.6. The molecule has 0 unspecified atom stereocenters. The minimum atomic E-state index is -4.86. The van der Waals surface area contributed by atoms with E-state index in [2.05, 4.69) is 9.98 Å². The van der Waals surface area contributed by atoms with E-state index in [1.165, 1.54) is 17.7 Å². The van der Waals surface area contributed by atoms with Crippen LogP contribution in [0.25, 0.3) is 5.69 Å². The first kappa shape index (κ1) is 22.1. The molecule has 2 aromatic carbocycles. The highest BCUT2D eigenvalue weighted by Crippen LogP contribution is 2.41. The van der Waals surface area contributed by atoms with Crippen molar-refractivity contribution in [2.45, 2.75) is 25.7 Å². The van der Waals surface area contributed by atoms with Gasteiger partial charge in [-0.15, -0.1) is 0 Å². The predicted molar refractivity (Wildman–Crippen MR) is 106 cm³/mol. The van der Waals surface area contributed by atoms with E-state index in [4.69, 9.17) is 11.6 Å². The molecule has 0 spiro atoms. The van der Waals surface area contributed by atoms with Gasteiger partial charge in [0.15, 0.2) is 0 Å². The largest absolute Gasteiger partial charge is 0.417 e. The summed E-state index contributed by atoms with van der Waals surface area (Å²) in [6.45, 7) is 0.778. The number of hydrogen-bond donors (Lipinski definition) is 1. The molecule has 1 aliphatic rings. The maximum atomic E-state index is 14.7. The number of aliphatic hydroxyl groups excluding tert-OH is 1. The van der Waals surface area contributed by atoms with Crippen molar-refractivity contribution in [2.24, 2.45) is 4.99 Å². The summed E-state index contributed by atoms with van der Waals surface area (Å²) in [4.78, 5) is 20.3. The van der Waals surface area contributed by atoms with E-state index in [1.54, 1.807) is 0 Å². The maximum Gasteiger partial charge on any atom is 0.417 e. The number of aromatic nitrogens is 2. The first-order valence-corrected chi connectivity index (χ1v) is 9.58. The molecule has 32 heavy (non-hydrogen) atoms. The van der Waals surface area contributed by atoms with Crippen molar-refractivity contribution in [3.8, 4) is 5.69 Å². The van der Waals surface area contributed by atoms with Crippen LogP contribution in [0.1, 0.15) is 41.0 Å². The van der Waals surface area contributed by atoms with Gasteiger partial charge in [-0.2, -0.15) is 18.2 Å². The topological polar surface area (TPSA) is 67.5 Å². The molecule has 0 fully saturated rings. The molecule has 5 nitrogen and oxygen atoms in total. The number of nitrogens with zero attached hydrogens (tertiary/aromatic N) is 3. The van der Waals surface area contributed by atoms with Gasteiger partial charge >= 0.3 is 6.18 Å². The second-order valence-electron chi connectivity index (χ2n) is 7.03. The van der Waals surface area contributed by atoms with Crippen molar-refractivity contribution in [1.29, 1.82) is 0 Å². The molecule has 3 aromatic rings. The van der Waals surface area contributed by atoms with Gasteiger partial charge in [0, 0.05) is 11.8 Å². The molecule has 1 aromatic heterocycles. The van der Waals surface area contributed by atoms with Crippen LogP contribution >= 0.6 is 11.6 Å². The Kier molecular flexibility index (Phi) is 5.38. The fourth-order valence-electron chi connectivity index (χ4n) is 3.54. The number of alkyl halides is 3. The minimum absolute atomic E-state index is 0.00368. The Labute approximate surface area is 182 Å². The van der Waals surface area contributed by atoms with Gasteiger partial charge in [0.25, 0.3) is 5.56 Å². The Bertz CT molecular complexity index is 1310. The van der Waals surface area contributed by atoms with E-state index in [9.17, 15) is 31.9 Å². The predicted octanol–water partition coefficient (Wildman–Crippen LogP) is 4.59. The van der Waals surface area contributed by atoms with Crippen LogP contribution in [0.5, 0.6) is 0 Å². The standard InChI is InChI=1S/C21H13ClF5N3O2/c1-9-19-29-20(32)10(8-31)7-30(19)14-6-5-11(21(25,26)27)17(22)16(14)18(28-9)15-12(23)3-2-4-13(15)24/h2-7,9,31H,8H2,1H3/t9-/m0/s1. The number of fused-ring (bicyclic) bond motifs is 3. The van der Waals surface area contributed by atoms with Gasteiger partial charge in [-0.25, -0.2) is 8.78 Å². The lowest BCUT2D eigenvalue weighted by Crippen LogP contribution is -2.22. The van der Waals surface area contributed by atoms with Gasteiger partial charge in [0.2, 0.25) is 0 Å². The second-order valence-corrected chi connectivity index (χ2v) is 7.40. The van der Waals surface area contributed by atoms with Crippen molar-refractivity contribution in [3.63, 3.8) is 0 Å². The van der Waals surface area contributed by atoms with Crippen LogP contribution < -0.4 is 5.56 Å². The highest BCUT2D eigenvalue weighted by Gasteiger charge is 2.37. The Morgan fingerprint density at radius 3 is 2.38 bits per heavy atom. The third-order valence-corrected chi connectivity index (χ3v) is 5.40. The average Bonchev–Trinajstić information content (AvgIpc) is 2.82. The quantitative estimate of drug-likeness (QED) is 0.558. The molecule has 0 radical (unpaired) electrons. The molecule has 1 aliphatic heterocycles. The van der Waals surface area contributed by atoms with Crippen molar-refractivity contribution >= 4 is 17.3 Å². The summed E-state index contributed by atoms with van der Waals surface area (Å²) in [6.07, 6.45) is -3.66. The van der Waals surface area contributed by atoms with Gasteiger partial charge in [0.05, 0.1) is 39.7 Å². The van der Waals surface area contributed by atoms with E-state index < -0.39 is 57.9 Å². The molecule has 11 heteroatoms. The second kappa shape index (κ2) is 7.79. The molecule has 0 aliphatic carbocycles. The van der Waals surface area contributed by atoms with Gasteiger partial charge in [-0.05, 0) is 31.2 Å². The summed E-state index contributed by atoms with van der Waals surface area (Å²) in [5.41, 5.74) is -3.67. The minimum Gasteiger partial charge on any atom is -0.391 e. The van der Waals surface area contributed by atoms with Crippen LogP contribution in [-0.4, -0.2) is 20.4 Å². The summed E-state index contributed by atoms with van der Waals surface area (Å²) in [6, 6.07) is 3.75. The SMILES string of the molecule is C[C@@H]1N=C(c2c(F)cccc2F)c2c(ccc(C(F)(F)F)c2Cl)-n2cc(CO)c(=O)nc21. The van der Waals surface area contributed by atoms with E-state index in [0.717, 1.165) is 24.3 Å². The Morgan fingerprint density at radius 2 is 1.78 bits per heavy atom. The summed E-state index contributed by atoms with van der Waals surface area (Å²) in [5.74, 6) is -2.12. The van der Waals surface area contributed by atoms with Crippen molar-refractivity contribution in [2.75, 3.05) is 0 Å². The molecular formula is C21H13ClF5N3O2. The summed E-state index contributed by atoms with van der Waals surface area (Å²) < 4.78 is 71.4. The van der Waals surface area contributed by atoms with Gasteiger partial charge in [0.1, 0.15) is 23.5 Å². The van der Waals surface area contributed by atoms with Crippen molar-refractivity contribution < 1.29 is 27.1 Å². The molecule has 0 saturated heterocycles. The van der Waals surface area contributed by atoms with Crippen LogP contribution in [0.15, 0.2) is 46.3 Å². The molecule has 0 amide bonds. The van der Waals surface area contributed by atoms with E-state index >= 15 is 0 Å². The molecular weight excluding hydrogens is 457 g/mol. The Hall–Kier alpha value is -3.11. The van der Waals surface area contributed by atoms with E-state index in [-0.39, 0.29) is 22.6 Å². The number of benzene rings is 2. The zero-order valence-corrected chi connectivity index (χ0v) is 17.0. The first-order valence-electron chi connectivity index (χ1n) is 9.20. The third-order valence-electron chi connectivity index (χ3n) is 5.01. The third kappa shape index (κ3) is 3.49. The van der Waals surface area contributed by atoms with Gasteiger partial charge in [-0.3, -0.25) is 9.79 Å². The summed E-state index contributed by atoms with van der Waals surface area (Å²) >= 11 is 6.16. The van der Waals surface area contributed by atoms with Crippen LogP contribution in [0.2, 0.25) is 5.02 Å². The number of aliphatic hydroxyl groups is 1. The Morgan fingerprint density at radius 1 is 1.12 bits per heavy atom. The monoisotopic (exact) mass is 469 g/mol. The average molecular weight is 470 g/mol. The maximum absolute atomic E-state index is 14.7. The number of hydrogen-bond acceptors (Lipinski definition) is 4. The fraction of sp³-hybridized carbons (Fsp3) is 0.190. The van der Waals surface area contributed by atoms with E-state index in [1.807, 2.05) is 0 Å². The first-order chi connectivity index (χ1) is 15.0. The fourth-order valence-corrected chi connectivity index (χ4v) is 3.90. The summed E-state index contributed by atoms with van der Waals surface area (Å²) in [7, 11) is 0. The lowest BCUT2D eigenvalue weighted by molar-refractivity contribution is -0.137. The zero-order chi connectivity index (χ0) is 23.4. The van der Waals surface area contributed by atoms with Crippen LogP contribution in [0.4, 0.5) is 22.0 Å². The number of rotatable bonds is 2. The number of halogens is 6. The molecule has 1 N–H and O–H groups in total. The molecule has 0 bridgehead atoms. The highest BCUT2D eigenvalue weighted by atomic mass is 35.5. The highest BCUT2D eigenvalue weighted by molar-refractivity contribution is 6.37. The molecule has 166 valence electrons. The lowest BCUT2D eigenvalue weighted by atomic mass is 9.97. The molecule has 2 heterocycles. The molecule has 0 saturated carbocycles. The van der Waals surface area contributed by atoms with Crippen LogP contribution in [-0.2, 0) is 12.8 Å². The van der Waals surface area contributed by atoms with Crippen LogP contribution in [0.3, 0.4) is 0 Å². The molecule has 1 atom stereocenters. The van der Waals surface area contributed by atoms with Crippen molar-refractivity contribution in [3.05, 3.63) is 91.6 Å². The van der Waals surface area contributed by atoms with Crippen LogP contribution in [0, 0.1) is 11.6 Å². The zero-order valence-electron chi connectivity index (χ0n) is 16.2. The number of aliphatic imine (C=N–C) groups is 1. The van der Waals surface area contributed by atoms with Gasteiger partial charge < -0.3 is 9.67 Å². The van der Waals surface area contributed by atoms with E-state index in [0.29, 0.717) is 6.07 Å². The molecule has 4 rings (SSSR count). The van der Waals surface area contributed by atoms with Gasteiger partial charge in [-0.1, -0.05) is 17.7 Å². The Balaban J connectivity index is 2.18.